The van der Waals surface area contributed by atoms with Crippen molar-refractivity contribution in [2.45, 2.75) is 24.4 Å². The zero-order valence-electron chi connectivity index (χ0n) is 14.9. The van der Waals surface area contributed by atoms with Crippen molar-refractivity contribution in [1.29, 1.82) is 0 Å². The van der Waals surface area contributed by atoms with Crippen LogP contribution in [-0.4, -0.2) is 88.5 Å². The van der Waals surface area contributed by atoms with Crippen molar-refractivity contribution < 1.29 is 9.84 Å². The molecule has 0 aromatic heterocycles. The van der Waals surface area contributed by atoms with Gasteiger partial charge in [0.15, 0.2) is 0 Å². The lowest BCUT2D eigenvalue weighted by molar-refractivity contribution is -0.0149. The van der Waals surface area contributed by atoms with E-state index in [1.54, 1.807) is 12.0 Å². The number of piperidine rings is 1. The third-order valence-corrected chi connectivity index (χ3v) is 5.35. The normalized spacial score (nSPS) is 21.4. The van der Waals surface area contributed by atoms with Crippen LogP contribution < -0.4 is 15.4 Å². The zero-order valence-corrected chi connectivity index (χ0v) is 14.9. The Kier molecular flexibility index (Phi) is 5.51. The molecule has 0 saturated carbocycles. The lowest BCUT2D eigenvalue weighted by atomic mass is 9.71. The summed E-state index contributed by atoms with van der Waals surface area (Å²) in [6.45, 7) is 5.12. The smallest absolute Gasteiger partial charge is 0.144 e. The predicted octanol–water partition coefficient (Wildman–Crippen LogP) is -0.196. The van der Waals surface area contributed by atoms with Crippen molar-refractivity contribution in [3.8, 4) is 5.75 Å². The molecule has 0 aliphatic carbocycles. The van der Waals surface area contributed by atoms with Crippen LogP contribution >= 0.6 is 0 Å². The molecular formula is C17H26B2N4O2. The number of rotatable bonds is 4. The molecule has 0 amide bonds. The number of hydrogen-bond donors (Lipinski definition) is 2. The average molecular weight is 340 g/mol. The number of aliphatic hydroxyl groups is 1. The highest BCUT2D eigenvalue weighted by Gasteiger charge is 2.31. The van der Waals surface area contributed by atoms with Gasteiger partial charge in [-0.2, -0.15) is 0 Å². The number of nitrogens with two attached hydrogens (primary N) is 1. The summed E-state index contributed by atoms with van der Waals surface area (Å²) in [7, 11) is 12.8. The summed E-state index contributed by atoms with van der Waals surface area (Å²) < 4.78 is 5.48. The van der Waals surface area contributed by atoms with Crippen LogP contribution in [0.1, 0.15) is 12.8 Å². The maximum Gasteiger partial charge on any atom is 0.144 e. The second-order valence-corrected chi connectivity index (χ2v) is 6.96. The summed E-state index contributed by atoms with van der Waals surface area (Å²) in [5.74, 6) is 0.831. The van der Waals surface area contributed by atoms with Gasteiger partial charge in [-0.1, -0.05) is 0 Å². The third-order valence-electron chi connectivity index (χ3n) is 5.35. The van der Waals surface area contributed by atoms with E-state index in [0.29, 0.717) is 24.8 Å². The topological polar surface area (TPSA) is 65.2 Å². The Morgan fingerprint density at radius 1 is 1.12 bits per heavy atom. The Bertz CT molecular complexity index is 581. The van der Waals surface area contributed by atoms with Crippen LogP contribution in [0.4, 0.5) is 11.4 Å². The Morgan fingerprint density at radius 3 is 2.32 bits per heavy atom. The van der Waals surface area contributed by atoms with E-state index in [1.165, 1.54) is 0 Å². The maximum absolute atomic E-state index is 9.70. The molecule has 25 heavy (non-hydrogen) atoms. The van der Waals surface area contributed by atoms with Crippen LogP contribution in [0, 0.1) is 0 Å². The number of ether oxygens (including phenoxy) is 1. The summed E-state index contributed by atoms with van der Waals surface area (Å²) >= 11 is 0. The zero-order chi connectivity index (χ0) is 18.0. The Labute approximate surface area is 152 Å². The number of nitrogens with zero attached hydrogens (tertiary/aromatic N) is 3. The standard InChI is InChI=1S/C17H26B2N4O2/c1-25-16-12-13(20)2-3-15(16)22-6-4-14(5-7-22)21-8-10-23(11-9-21)17(18,19)24/h2-3,12,14,24H,4-11,20H2,1H3. The molecule has 0 unspecified atom stereocenters. The van der Waals surface area contributed by atoms with E-state index in [4.69, 9.17) is 26.2 Å². The van der Waals surface area contributed by atoms with Crippen molar-refractivity contribution in [1.82, 2.24) is 9.80 Å². The summed E-state index contributed by atoms with van der Waals surface area (Å²) in [5, 5.41) is 9.70. The molecule has 2 saturated heterocycles. The molecule has 3 rings (SSSR count). The minimum absolute atomic E-state index is 0.557. The molecule has 4 radical (unpaired) electrons. The van der Waals surface area contributed by atoms with Crippen LogP contribution in [0.2, 0.25) is 0 Å². The molecule has 132 valence electrons. The maximum atomic E-state index is 9.70. The molecular weight excluding hydrogens is 314 g/mol. The molecule has 2 aliphatic rings. The Balaban J connectivity index is 1.55. The SMILES string of the molecule is [B]C([B])(O)N1CCN(C2CCN(c3ccc(N)cc3OC)CC2)CC1. The summed E-state index contributed by atoms with van der Waals surface area (Å²) in [6, 6.07) is 6.39. The fraction of sp³-hybridized carbons (Fsp3) is 0.647. The van der Waals surface area contributed by atoms with Crippen LogP contribution in [-0.2, 0) is 0 Å². The number of nitrogen functional groups attached to an aromatic ring is 1. The molecule has 0 bridgehead atoms. The van der Waals surface area contributed by atoms with Crippen molar-refractivity contribution in [3.63, 3.8) is 0 Å². The largest absolute Gasteiger partial charge is 0.495 e. The summed E-state index contributed by atoms with van der Waals surface area (Å²) in [4.78, 5) is 6.57. The van der Waals surface area contributed by atoms with Gasteiger partial charge in [0.2, 0.25) is 0 Å². The van der Waals surface area contributed by atoms with Gasteiger partial charge >= 0.3 is 0 Å². The second kappa shape index (κ2) is 7.48. The highest BCUT2D eigenvalue weighted by atomic mass is 16.5. The molecule has 2 aliphatic heterocycles. The molecule has 2 fully saturated rings. The van der Waals surface area contributed by atoms with Gasteiger partial charge in [-0.25, -0.2) is 0 Å². The quantitative estimate of drug-likeness (QED) is 0.585. The van der Waals surface area contributed by atoms with E-state index < -0.39 is 5.52 Å². The van der Waals surface area contributed by atoms with Crippen LogP contribution in [0.15, 0.2) is 18.2 Å². The van der Waals surface area contributed by atoms with Gasteiger partial charge in [0.05, 0.1) is 12.8 Å². The number of methoxy groups -OCH3 is 1. The van der Waals surface area contributed by atoms with Crippen LogP contribution in [0.3, 0.4) is 0 Å². The predicted molar refractivity (Wildman–Crippen MR) is 102 cm³/mol. The monoisotopic (exact) mass is 340 g/mol. The minimum Gasteiger partial charge on any atom is -0.495 e. The van der Waals surface area contributed by atoms with Crippen molar-refractivity contribution in [2.24, 2.45) is 0 Å². The van der Waals surface area contributed by atoms with Crippen molar-refractivity contribution >= 4 is 27.1 Å². The van der Waals surface area contributed by atoms with E-state index in [-0.39, 0.29) is 0 Å². The van der Waals surface area contributed by atoms with E-state index >= 15 is 0 Å². The minimum atomic E-state index is -1.71. The van der Waals surface area contributed by atoms with Gasteiger partial charge in [-0.3, -0.25) is 9.80 Å². The Hall–Kier alpha value is -1.37. The summed E-state index contributed by atoms with van der Waals surface area (Å²) in [5.41, 5.74) is 5.97. The van der Waals surface area contributed by atoms with Gasteiger partial charge in [0.1, 0.15) is 21.4 Å². The number of benzene rings is 1. The van der Waals surface area contributed by atoms with Gasteiger partial charge < -0.3 is 20.5 Å². The van der Waals surface area contributed by atoms with E-state index in [0.717, 1.165) is 50.5 Å². The molecule has 1 aromatic rings. The fourth-order valence-electron chi connectivity index (χ4n) is 3.87. The molecule has 0 spiro atoms. The number of piperazine rings is 1. The molecule has 8 heteroatoms. The molecule has 3 N–H and O–H groups in total. The summed E-state index contributed by atoms with van der Waals surface area (Å²) in [6.07, 6.45) is 2.20. The first kappa shape index (κ1) is 18.4. The number of anilines is 2. The van der Waals surface area contributed by atoms with E-state index in [2.05, 4.69) is 9.80 Å². The third kappa shape index (κ3) is 4.25. The fourth-order valence-corrected chi connectivity index (χ4v) is 3.87. The first-order valence-corrected chi connectivity index (χ1v) is 8.86. The highest BCUT2D eigenvalue weighted by Crippen LogP contribution is 2.33. The molecule has 6 nitrogen and oxygen atoms in total. The van der Waals surface area contributed by atoms with Crippen LogP contribution in [0.5, 0.6) is 5.75 Å². The van der Waals surface area contributed by atoms with Gasteiger partial charge in [0.25, 0.3) is 0 Å². The Morgan fingerprint density at radius 2 is 1.76 bits per heavy atom. The second-order valence-electron chi connectivity index (χ2n) is 6.96. The van der Waals surface area contributed by atoms with Crippen LogP contribution in [0.25, 0.3) is 0 Å². The van der Waals surface area contributed by atoms with Gasteiger partial charge in [-0.15, -0.1) is 0 Å². The highest BCUT2D eigenvalue weighted by molar-refractivity contribution is 6.38. The van der Waals surface area contributed by atoms with Gasteiger partial charge in [0, 0.05) is 62.6 Å². The molecule has 2 heterocycles. The average Bonchev–Trinajstić information content (AvgIpc) is 2.61. The lowest BCUT2D eigenvalue weighted by Crippen LogP contribution is -2.60. The molecule has 1 aromatic carbocycles. The van der Waals surface area contributed by atoms with E-state index in [9.17, 15) is 5.11 Å². The molecule has 0 atom stereocenters. The first-order valence-electron chi connectivity index (χ1n) is 8.86. The van der Waals surface area contributed by atoms with Crippen molar-refractivity contribution in [3.05, 3.63) is 18.2 Å². The van der Waals surface area contributed by atoms with E-state index in [1.807, 2.05) is 18.2 Å². The lowest BCUT2D eigenvalue weighted by Gasteiger charge is -2.46. The first-order chi connectivity index (χ1) is 11.9. The van der Waals surface area contributed by atoms with Gasteiger partial charge in [-0.05, 0) is 25.0 Å². The van der Waals surface area contributed by atoms with Crippen molar-refractivity contribution in [2.75, 3.05) is 57.0 Å². The number of hydrogen-bond acceptors (Lipinski definition) is 6.